The third-order valence-electron chi connectivity index (χ3n) is 5.38. The monoisotopic (exact) mass is 393 g/mol. The lowest BCUT2D eigenvalue weighted by atomic mass is 10.1. The molecule has 1 amide bonds. The van der Waals surface area contributed by atoms with Gasteiger partial charge in [-0.3, -0.25) is 9.59 Å². The summed E-state index contributed by atoms with van der Waals surface area (Å²) in [6, 6.07) is 13.1. The fraction of sp³-hybridized carbons (Fsp3) is 0.318. The Morgan fingerprint density at radius 3 is 2.69 bits per heavy atom. The molecule has 4 rings (SSSR count). The summed E-state index contributed by atoms with van der Waals surface area (Å²) in [6.45, 7) is 2.61. The lowest BCUT2D eigenvalue weighted by Gasteiger charge is -2.25. The number of aromatic nitrogens is 2. The van der Waals surface area contributed by atoms with E-state index in [1.807, 2.05) is 37.3 Å². The van der Waals surface area contributed by atoms with Gasteiger partial charge in [0.1, 0.15) is 17.0 Å². The minimum atomic E-state index is -0.407. The van der Waals surface area contributed by atoms with Gasteiger partial charge in [-0.2, -0.15) is 0 Å². The summed E-state index contributed by atoms with van der Waals surface area (Å²) in [4.78, 5) is 31.7. The van der Waals surface area contributed by atoms with Crippen molar-refractivity contribution in [1.82, 2.24) is 14.5 Å². The van der Waals surface area contributed by atoms with Crippen molar-refractivity contribution in [3.05, 3.63) is 87.0 Å². The number of ether oxygens (including phenoxy) is 1. The summed E-state index contributed by atoms with van der Waals surface area (Å²) in [5.74, 6) is 0.954. The van der Waals surface area contributed by atoms with Gasteiger partial charge in [0, 0.05) is 32.8 Å². The number of carbonyl (C=O) groups is 1. The quantitative estimate of drug-likeness (QED) is 0.681. The molecule has 0 spiro atoms. The van der Waals surface area contributed by atoms with Crippen LogP contribution in [0.2, 0.25) is 0 Å². The van der Waals surface area contributed by atoms with Gasteiger partial charge in [-0.25, -0.2) is 4.98 Å². The van der Waals surface area contributed by atoms with Crippen molar-refractivity contribution in [3.8, 4) is 0 Å². The van der Waals surface area contributed by atoms with E-state index in [1.165, 1.54) is 4.57 Å². The number of carbonyl (C=O) groups excluding carboxylic acids is 1. The Kier molecular flexibility index (Phi) is 5.07. The number of hydrogen-bond acceptors (Lipinski definition) is 5. The number of nitrogens with zero attached hydrogens (tertiary/aromatic N) is 3. The van der Waals surface area contributed by atoms with Crippen molar-refractivity contribution >= 4 is 5.91 Å². The molecule has 0 fully saturated rings. The van der Waals surface area contributed by atoms with Gasteiger partial charge in [0.05, 0.1) is 6.54 Å². The molecule has 0 bridgehead atoms. The standard InChI is InChI=1S/C22H23N3O4/c1-14-9-10-16(21(26)24(14)2)22(27)25-12-11-18-17(13-25)23-20(29-18)19(28-3)15-7-5-4-6-8-15/h4-10,19H,11-13H2,1-3H3. The highest BCUT2D eigenvalue weighted by Crippen LogP contribution is 2.29. The summed E-state index contributed by atoms with van der Waals surface area (Å²) in [5.41, 5.74) is 2.35. The average Bonchev–Trinajstić information content (AvgIpc) is 3.16. The van der Waals surface area contributed by atoms with Crippen LogP contribution in [0.4, 0.5) is 0 Å². The highest BCUT2D eigenvalue weighted by atomic mass is 16.5. The van der Waals surface area contributed by atoms with Gasteiger partial charge in [-0.05, 0) is 24.6 Å². The maximum atomic E-state index is 12.9. The molecule has 1 aliphatic heterocycles. The smallest absolute Gasteiger partial charge is 0.263 e. The molecule has 0 aliphatic carbocycles. The first-order valence-corrected chi connectivity index (χ1v) is 9.51. The van der Waals surface area contributed by atoms with Gasteiger partial charge in [0.2, 0.25) is 5.89 Å². The van der Waals surface area contributed by atoms with Crippen molar-refractivity contribution in [1.29, 1.82) is 0 Å². The minimum Gasteiger partial charge on any atom is -0.442 e. The molecule has 1 atom stereocenters. The first kappa shape index (κ1) is 19.1. The third kappa shape index (κ3) is 3.49. The summed E-state index contributed by atoms with van der Waals surface area (Å²) in [7, 11) is 3.28. The molecular weight excluding hydrogens is 370 g/mol. The number of rotatable bonds is 4. The fourth-order valence-corrected chi connectivity index (χ4v) is 3.57. The van der Waals surface area contributed by atoms with E-state index in [0.29, 0.717) is 31.1 Å². The Bertz CT molecular complexity index is 1100. The number of fused-ring (bicyclic) bond motifs is 1. The van der Waals surface area contributed by atoms with Crippen molar-refractivity contribution in [2.75, 3.05) is 13.7 Å². The fourth-order valence-electron chi connectivity index (χ4n) is 3.57. The molecule has 29 heavy (non-hydrogen) atoms. The SMILES string of the molecule is COC(c1ccccc1)c1nc2c(o1)CCN(C(=O)c1ccc(C)n(C)c1=O)C2. The second kappa shape index (κ2) is 7.67. The molecule has 7 heteroatoms. The van der Waals surface area contributed by atoms with E-state index < -0.39 is 6.10 Å². The van der Waals surface area contributed by atoms with Crippen molar-refractivity contribution in [2.24, 2.45) is 7.05 Å². The summed E-state index contributed by atoms with van der Waals surface area (Å²) in [5, 5.41) is 0. The highest BCUT2D eigenvalue weighted by molar-refractivity contribution is 5.94. The van der Waals surface area contributed by atoms with E-state index in [1.54, 1.807) is 31.2 Å². The molecule has 0 N–H and O–H groups in total. The van der Waals surface area contributed by atoms with E-state index in [2.05, 4.69) is 4.98 Å². The topological polar surface area (TPSA) is 77.6 Å². The maximum Gasteiger partial charge on any atom is 0.263 e. The Hall–Kier alpha value is -3.19. The number of benzene rings is 1. The number of pyridine rings is 1. The Morgan fingerprint density at radius 2 is 1.97 bits per heavy atom. The number of aryl methyl sites for hydroxylation is 1. The van der Waals surface area contributed by atoms with Gasteiger partial charge in [0.25, 0.3) is 11.5 Å². The summed E-state index contributed by atoms with van der Waals surface area (Å²) < 4.78 is 13.1. The zero-order valence-corrected chi connectivity index (χ0v) is 16.7. The molecule has 1 aromatic carbocycles. The van der Waals surface area contributed by atoms with Crippen molar-refractivity contribution in [2.45, 2.75) is 26.0 Å². The highest BCUT2D eigenvalue weighted by Gasteiger charge is 2.30. The average molecular weight is 393 g/mol. The first-order valence-electron chi connectivity index (χ1n) is 9.51. The molecule has 1 unspecified atom stereocenters. The van der Waals surface area contributed by atoms with Gasteiger partial charge in [0.15, 0.2) is 6.10 Å². The number of methoxy groups -OCH3 is 1. The van der Waals surface area contributed by atoms with Crippen LogP contribution in [0.25, 0.3) is 0 Å². The normalized spacial score (nSPS) is 14.5. The maximum absolute atomic E-state index is 12.9. The third-order valence-corrected chi connectivity index (χ3v) is 5.38. The van der Waals surface area contributed by atoms with Crippen LogP contribution in [0.1, 0.15) is 45.1 Å². The molecular formula is C22H23N3O4. The van der Waals surface area contributed by atoms with E-state index in [9.17, 15) is 9.59 Å². The van der Waals surface area contributed by atoms with Crippen LogP contribution in [0.3, 0.4) is 0 Å². The zero-order chi connectivity index (χ0) is 20.5. The predicted molar refractivity (Wildman–Crippen MR) is 107 cm³/mol. The Balaban J connectivity index is 1.59. The van der Waals surface area contributed by atoms with E-state index in [-0.39, 0.29) is 17.0 Å². The van der Waals surface area contributed by atoms with Crippen LogP contribution < -0.4 is 5.56 Å². The second-order valence-electron chi connectivity index (χ2n) is 7.18. The van der Waals surface area contributed by atoms with E-state index in [4.69, 9.17) is 9.15 Å². The molecule has 0 saturated carbocycles. The zero-order valence-electron chi connectivity index (χ0n) is 16.7. The van der Waals surface area contributed by atoms with E-state index in [0.717, 1.165) is 17.0 Å². The van der Waals surface area contributed by atoms with Crippen LogP contribution in [0.15, 0.2) is 51.7 Å². The second-order valence-corrected chi connectivity index (χ2v) is 7.18. The largest absolute Gasteiger partial charge is 0.442 e. The van der Waals surface area contributed by atoms with E-state index >= 15 is 0 Å². The summed E-state index contributed by atoms with van der Waals surface area (Å²) in [6.07, 6.45) is 0.140. The Morgan fingerprint density at radius 1 is 1.21 bits per heavy atom. The van der Waals surface area contributed by atoms with Crippen molar-refractivity contribution in [3.63, 3.8) is 0 Å². The predicted octanol–water partition coefficient (Wildman–Crippen LogP) is 2.62. The molecule has 1 aliphatic rings. The van der Waals surface area contributed by atoms with Crippen LogP contribution >= 0.6 is 0 Å². The molecule has 2 aromatic heterocycles. The van der Waals surface area contributed by atoms with Crippen LogP contribution in [-0.4, -0.2) is 34.0 Å². The number of amides is 1. The van der Waals surface area contributed by atoms with Crippen LogP contribution in [0.5, 0.6) is 0 Å². The van der Waals surface area contributed by atoms with Gasteiger partial charge < -0.3 is 18.6 Å². The molecule has 7 nitrogen and oxygen atoms in total. The lowest BCUT2D eigenvalue weighted by Crippen LogP contribution is -2.39. The Labute approximate surface area is 168 Å². The van der Waals surface area contributed by atoms with Gasteiger partial charge >= 0.3 is 0 Å². The lowest BCUT2D eigenvalue weighted by molar-refractivity contribution is 0.0724. The van der Waals surface area contributed by atoms with Crippen molar-refractivity contribution < 1.29 is 13.9 Å². The number of oxazole rings is 1. The molecule has 0 radical (unpaired) electrons. The van der Waals surface area contributed by atoms with Gasteiger partial charge in [-0.15, -0.1) is 0 Å². The summed E-state index contributed by atoms with van der Waals surface area (Å²) >= 11 is 0. The molecule has 3 aromatic rings. The number of hydrogen-bond donors (Lipinski definition) is 0. The molecule has 0 saturated heterocycles. The van der Waals surface area contributed by atoms with Crippen LogP contribution in [-0.2, 0) is 24.8 Å². The molecule has 3 heterocycles. The molecule has 150 valence electrons. The van der Waals surface area contributed by atoms with Gasteiger partial charge in [-0.1, -0.05) is 30.3 Å². The first-order chi connectivity index (χ1) is 14.0. The van der Waals surface area contributed by atoms with Crippen LogP contribution in [0, 0.1) is 6.92 Å². The minimum absolute atomic E-state index is 0.171.